The molecule has 1 N–H and O–H groups in total. The molecule has 4 nitrogen and oxygen atoms in total. The Kier molecular flexibility index (Phi) is 3.97. The molecule has 1 fully saturated rings. The average molecular weight is 247 g/mol. The molecule has 18 heavy (non-hydrogen) atoms. The molecule has 0 aliphatic heterocycles. The molecule has 0 heterocycles. The van der Waals surface area contributed by atoms with E-state index in [9.17, 15) is 9.59 Å². The number of rotatable bonds is 6. The van der Waals surface area contributed by atoms with E-state index >= 15 is 0 Å². The Balaban J connectivity index is 2.04. The van der Waals surface area contributed by atoms with Gasteiger partial charge in [-0.05, 0) is 30.9 Å². The maximum absolute atomic E-state index is 12.1. The second kappa shape index (κ2) is 5.67. The molecule has 0 atom stereocenters. The summed E-state index contributed by atoms with van der Waals surface area (Å²) >= 11 is 0. The van der Waals surface area contributed by atoms with Crippen LogP contribution in [0.5, 0.6) is 0 Å². The largest absolute Gasteiger partial charge is 0.468 e. The van der Waals surface area contributed by atoms with Gasteiger partial charge in [0, 0.05) is 17.7 Å². The van der Waals surface area contributed by atoms with Crippen molar-refractivity contribution in [3.05, 3.63) is 29.8 Å². The van der Waals surface area contributed by atoms with Crippen LogP contribution in [0.25, 0.3) is 0 Å². The fraction of sp³-hybridized carbons (Fsp3) is 0.429. The van der Waals surface area contributed by atoms with Crippen LogP contribution in [-0.2, 0) is 9.53 Å². The lowest BCUT2D eigenvalue weighted by Crippen LogP contribution is -2.16. The molecule has 1 saturated carbocycles. The summed E-state index contributed by atoms with van der Waals surface area (Å²) in [5.74, 6) is 0.357. The van der Waals surface area contributed by atoms with E-state index in [1.54, 1.807) is 6.07 Å². The van der Waals surface area contributed by atoms with Crippen molar-refractivity contribution >= 4 is 17.4 Å². The number of ether oxygens (including phenoxy) is 1. The smallest absolute Gasteiger partial charge is 0.325 e. The summed E-state index contributed by atoms with van der Waals surface area (Å²) in [5.41, 5.74) is 1.36. The number of anilines is 1. The minimum absolute atomic E-state index is 0.0736. The van der Waals surface area contributed by atoms with Crippen molar-refractivity contribution in [2.75, 3.05) is 19.0 Å². The first-order valence-electron chi connectivity index (χ1n) is 6.13. The van der Waals surface area contributed by atoms with Gasteiger partial charge in [0.2, 0.25) is 0 Å². The zero-order valence-corrected chi connectivity index (χ0v) is 10.4. The van der Waals surface area contributed by atoms with Crippen LogP contribution in [0.1, 0.15) is 29.6 Å². The molecule has 1 aromatic carbocycles. The first-order valence-corrected chi connectivity index (χ1v) is 6.13. The highest BCUT2D eigenvalue weighted by molar-refractivity contribution is 6.01. The predicted octanol–water partition coefficient (Wildman–Crippen LogP) is 2.25. The SMILES string of the molecule is COC(=O)CNc1ccccc1C(=O)CC1CC1. The summed E-state index contributed by atoms with van der Waals surface area (Å²) in [6.45, 7) is 0.0736. The second-order valence-corrected chi connectivity index (χ2v) is 4.55. The quantitative estimate of drug-likeness (QED) is 0.619. The molecule has 0 spiro atoms. The topological polar surface area (TPSA) is 55.4 Å². The van der Waals surface area contributed by atoms with Gasteiger partial charge in [-0.3, -0.25) is 9.59 Å². The zero-order valence-electron chi connectivity index (χ0n) is 10.4. The maximum Gasteiger partial charge on any atom is 0.325 e. The van der Waals surface area contributed by atoms with Crippen LogP contribution in [-0.4, -0.2) is 25.4 Å². The Morgan fingerprint density at radius 2 is 2.06 bits per heavy atom. The van der Waals surface area contributed by atoms with E-state index in [-0.39, 0.29) is 18.3 Å². The fourth-order valence-electron chi connectivity index (χ4n) is 1.81. The molecular formula is C14H17NO3. The normalized spacial score (nSPS) is 14.1. The van der Waals surface area contributed by atoms with Crippen molar-refractivity contribution < 1.29 is 14.3 Å². The van der Waals surface area contributed by atoms with Gasteiger partial charge in [-0.2, -0.15) is 0 Å². The number of carbonyl (C=O) groups is 2. The molecule has 1 aliphatic carbocycles. The fourth-order valence-corrected chi connectivity index (χ4v) is 1.81. The van der Waals surface area contributed by atoms with E-state index in [0.717, 1.165) is 12.8 Å². The molecule has 0 amide bonds. The van der Waals surface area contributed by atoms with Gasteiger partial charge in [-0.15, -0.1) is 0 Å². The van der Waals surface area contributed by atoms with Crippen LogP contribution in [0.4, 0.5) is 5.69 Å². The van der Waals surface area contributed by atoms with E-state index in [4.69, 9.17) is 0 Å². The first kappa shape index (κ1) is 12.6. The van der Waals surface area contributed by atoms with Crippen molar-refractivity contribution in [2.24, 2.45) is 5.92 Å². The van der Waals surface area contributed by atoms with Crippen LogP contribution < -0.4 is 5.32 Å². The maximum atomic E-state index is 12.1. The third kappa shape index (κ3) is 3.32. The summed E-state index contributed by atoms with van der Waals surface area (Å²) in [5, 5.41) is 2.94. The third-order valence-corrected chi connectivity index (χ3v) is 3.05. The average Bonchev–Trinajstić information content (AvgIpc) is 3.20. The van der Waals surface area contributed by atoms with Crippen LogP contribution in [0, 0.1) is 5.92 Å². The number of hydrogen-bond acceptors (Lipinski definition) is 4. The van der Waals surface area contributed by atoms with Gasteiger partial charge in [0.25, 0.3) is 0 Å². The summed E-state index contributed by atoms with van der Waals surface area (Å²) in [6.07, 6.45) is 2.92. The standard InChI is InChI=1S/C14H17NO3/c1-18-14(17)9-15-12-5-3-2-4-11(12)13(16)8-10-6-7-10/h2-5,10,15H,6-9H2,1H3. The number of esters is 1. The van der Waals surface area contributed by atoms with Gasteiger partial charge in [-0.25, -0.2) is 0 Å². The van der Waals surface area contributed by atoms with Crippen molar-refractivity contribution in [1.29, 1.82) is 0 Å². The van der Waals surface area contributed by atoms with Gasteiger partial charge >= 0.3 is 5.97 Å². The highest BCUT2D eigenvalue weighted by Gasteiger charge is 2.25. The van der Waals surface area contributed by atoms with Crippen LogP contribution in [0.2, 0.25) is 0 Å². The Labute approximate surface area is 106 Å². The van der Waals surface area contributed by atoms with Crippen molar-refractivity contribution in [3.8, 4) is 0 Å². The number of benzene rings is 1. The van der Waals surface area contributed by atoms with Crippen LogP contribution in [0.3, 0.4) is 0 Å². The summed E-state index contributed by atoms with van der Waals surface area (Å²) in [4.78, 5) is 23.2. The van der Waals surface area contributed by atoms with Crippen LogP contribution in [0.15, 0.2) is 24.3 Å². The molecular weight excluding hydrogens is 230 g/mol. The predicted molar refractivity (Wildman–Crippen MR) is 68.6 cm³/mol. The molecule has 0 aromatic heterocycles. The summed E-state index contributed by atoms with van der Waals surface area (Å²) < 4.78 is 4.56. The number of nitrogens with one attached hydrogen (secondary N) is 1. The Morgan fingerprint density at radius 3 is 2.72 bits per heavy atom. The van der Waals surface area contributed by atoms with E-state index < -0.39 is 0 Å². The Morgan fingerprint density at radius 1 is 1.33 bits per heavy atom. The van der Waals surface area contributed by atoms with Crippen molar-refractivity contribution in [2.45, 2.75) is 19.3 Å². The van der Waals surface area contributed by atoms with Crippen LogP contribution >= 0.6 is 0 Å². The number of hydrogen-bond donors (Lipinski definition) is 1. The lowest BCUT2D eigenvalue weighted by atomic mass is 10.0. The minimum Gasteiger partial charge on any atom is -0.468 e. The number of Topliss-reactive ketones (excluding diaryl/α,β-unsaturated/α-hetero) is 1. The summed E-state index contributed by atoms with van der Waals surface area (Å²) in [7, 11) is 1.34. The Hall–Kier alpha value is -1.84. The highest BCUT2D eigenvalue weighted by Crippen LogP contribution is 2.34. The molecule has 1 aliphatic rings. The molecule has 1 aromatic rings. The number of carbonyl (C=O) groups excluding carboxylic acids is 2. The first-order chi connectivity index (χ1) is 8.70. The lowest BCUT2D eigenvalue weighted by Gasteiger charge is -2.10. The molecule has 0 radical (unpaired) electrons. The van der Waals surface area contributed by atoms with Gasteiger partial charge in [0.1, 0.15) is 6.54 Å². The molecule has 2 rings (SSSR count). The molecule has 0 unspecified atom stereocenters. The van der Waals surface area contributed by atoms with Gasteiger partial charge in [-0.1, -0.05) is 12.1 Å². The van der Waals surface area contributed by atoms with Gasteiger partial charge in [0.05, 0.1) is 7.11 Å². The number of para-hydroxylation sites is 1. The zero-order chi connectivity index (χ0) is 13.0. The highest BCUT2D eigenvalue weighted by atomic mass is 16.5. The third-order valence-electron chi connectivity index (χ3n) is 3.05. The monoisotopic (exact) mass is 247 g/mol. The molecule has 0 saturated heterocycles. The van der Waals surface area contributed by atoms with E-state index in [1.807, 2.05) is 18.2 Å². The molecule has 0 bridgehead atoms. The summed E-state index contributed by atoms with van der Waals surface area (Å²) in [6, 6.07) is 7.28. The second-order valence-electron chi connectivity index (χ2n) is 4.55. The van der Waals surface area contributed by atoms with Gasteiger partial charge < -0.3 is 10.1 Å². The Bertz CT molecular complexity index is 452. The molecule has 96 valence electrons. The van der Waals surface area contributed by atoms with E-state index in [1.165, 1.54) is 7.11 Å². The number of methoxy groups -OCH3 is 1. The lowest BCUT2D eigenvalue weighted by molar-refractivity contribution is -0.138. The van der Waals surface area contributed by atoms with Crippen molar-refractivity contribution in [3.63, 3.8) is 0 Å². The molecule has 4 heteroatoms. The van der Waals surface area contributed by atoms with Crippen molar-refractivity contribution in [1.82, 2.24) is 0 Å². The number of ketones is 1. The van der Waals surface area contributed by atoms with Gasteiger partial charge in [0.15, 0.2) is 5.78 Å². The minimum atomic E-state index is -0.348. The van der Waals surface area contributed by atoms with E-state index in [0.29, 0.717) is 23.6 Å². The van der Waals surface area contributed by atoms with E-state index in [2.05, 4.69) is 10.1 Å².